The fraction of sp³-hybridized carbons (Fsp3) is 0.765. The lowest BCUT2D eigenvalue weighted by Gasteiger charge is -2.19. The number of aliphatic imine (C=N–C) groups is 1. The zero-order valence-electron chi connectivity index (χ0n) is 16.7. The van der Waals surface area contributed by atoms with E-state index in [1.54, 1.807) is 7.05 Å². The van der Waals surface area contributed by atoms with Crippen molar-refractivity contribution in [2.24, 2.45) is 4.99 Å². The SMILES string of the molecule is CN=C(NCCCc1nc(C(C)C)no1)NCCNC(=O)OC(C)(C)C. The Balaban J connectivity index is 2.16. The summed E-state index contributed by atoms with van der Waals surface area (Å²) in [5.41, 5.74) is -0.497. The Morgan fingerprint density at radius 3 is 2.42 bits per heavy atom. The van der Waals surface area contributed by atoms with E-state index in [2.05, 4.69) is 31.1 Å². The summed E-state index contributed by atoms with van der Waals surface area (Å²) in [6, 6.07) is 0. The van der Waals surface area contributed by atoms with Crippen molar-refractivity contribution >= 4 is 12.1 Å². The molecule has 26 heavy (non-hydrogen) atoms. The van der Waals surface area contributed by atoms with Crippen LogP contribution in [0.2, 0.25) is 0 Å². The maximum atomic E-state index is 11.5. The van der Waals surface area contributed by atoms with Crippen molar-refractivity contribution in [3.8, 4) is 0 Å². The van der Waals surface area contributed by atoms with Crippen LogP contribution in [0.15, 0.2) is 9.52 Å². The number of hydrogen-bond acceptors (Lipinski definition) is 6. The highest BCUT2D eigenvalue weighted by Gasteiger charge is 2.15. The molecule has 9 heteroatoms. The molecule has 1 heterocycles. The molecule has 0 fully saturated rings. The van der Waals surface area contributed by atoms with Crippen molar-refractivity contribution in [2.45, 2.75) is 59.0 Å². The Hall–Kier alpha value is -2.32. The van der Waals surface area contributed by atoms with Gasteiger partial charge in [-0.1, -0.05) is 19.0 Å². The van der Waals surface area contributed by atoms with E-state index in [1.807, 2.05) is 34.6 Å². The number of hydrogen-bond donors (Lipinski definition) is 3. The summed E-state index contributed by atoms with van der Waals surface area (Å²) in [5.74, 6) is 2.33. The summed E-state index contributed by atoms with van der Waals surface area (Å²) < 4.78 is 10.4. The number of nitrogens with one attached hydrogen (secondary N) is 3. The first kappa shape index (κ1) is 21.7. The molecule has 0 bridgehead atoms. The summed E-state index contributed by atoms with van der Waals surface area (Å²) in [5, 5.41) is 13.0. The molecule has 3 N–H and O–H groups in total. The van der Waals surface area contributed by atoms with Crippen molar-refractivity contribution < 1.29 is 14.1 Å². The van der Waals surface area contributed by atoms with Crippen molar-refractivity contribution in [1.29, 1.82) is 0 Å². The van der Waals surface area contributed by atoms with Crippen LogP contribution in [0.5, 0.6) is 0 Å². The van der Waals surface area contributed by atoms with Crippen LogP contribution in [-0.2, 0) is 11.2 Å². The minimum Gasteiger partial charge on any atom is -0.444 e. The Labute approximate surface area is 155 Å². The largest absolute Gasteiger partial charge is 0.444 e. The van der Waals surface area contributed by atoms with Crippen LogP contribution in [0.3, 0.4) is 0 Å². The third-order valence-electron chi connectivity index (χ3n) is 3.17. The summed E-state index contributed by atoms with van der Waals surface area (Å²) in [7, 11) is 1.70. The normalized spacial score (nSPS) is 12.2. The second-order valence-electron chi connectivity index (χ2n) is 7.16. The first-order valence-electron chi connectivity index (χ1n) is 8.95. The predicted molar refractivity (Wildman–Crippen MR) is 100 cm³/mol. The van der Waals surface area contributed by atoms with Gasteiger partial charge in [-0.3, -0.25) is 4.99 Å². The molecule has 0 aliphatic heterocycles. The standard InChI is InChI=1S/C17H32N6O3/c1-12(2)14-22-13(26-23-14)8-7-9-19-15(18-6)20-10-11-21-16(24)25-17(3,4)5/h12H,7-11H2,1-6H3,(H,21,24)(H2,18,19,20). The van der Waals surface area contributed by atoms with Gasteiger partial charge in [-0.2, -0.15) is 4.98 Å². The molecule has 0 aliphatic rings. The summed E-state index contributed by atoms with van der Waals surface area (Å²) in [6.45, 7) is 11.2. The summed E-state index contributed by atoms with van der Waals surface area (Å²) in [6.07, 6.45) is 1.13. The number of rotatable bonds is 8. The molecular weight excluding hydrogens is 336 g/mol. The van der Waals surface area contributed by atoms with Crippen LogP contribution in [0, 0.1) is 0 Å². The molecule has 0 radical (unpaired) electrons. The number of ether oxygens (including phenoxy) is 1. The van der Waals surface area contributed by atoms with Crippen LogP contribution in [-0.4, -0.2) is 54.5 Å². The highest BCUT2D eigenvalue weighted by Crippen LogP contribution is 2.10. The number of alkyl carbamates (subject to hydrolysis) is 1. The van der Waals surface area contributed by atoms with Crippen LogP contribution in [0.1, 0.15) is 58.7 Å². The van der Waals surface area contributed by atoms with Crippen LogP contribution >= 0.6 is 0 Å². The fourth-order valence-corrected chi connectivity index (χ4v) is 1.93. The van der Waals surface area contributed by atoms with E-state index in [1.165, 1.54) is 0 Å². The average molecular weight is 368 g/mol. The van der Waals surface area contributed by atoms with E-state index in [4.69, 9.17) is 9.26 Å². The van der Waals surface area contributed by atoms with Crippen molar-refractivity contribution in [3.05, 3.63) is 11.7 Å². The highest BCUT2D eigenvalue weighted by molar-refractivity contribution is 5.79. The molecule has 148 valence electrons. The number of aromatic nitrogens is 2. The number of nitrogens with zero attached hydrogens (tertiary/aromatic N) is 3. The molecule has 0 saturated carbocycles. The first-order valence-corrected chi connectivity index (χ1v) is 8.95. The van der Waals surface area contributed by atoms with Gasteiger partial charge in [-0.25, -0.2) is 4.79 Å². The van der Waals surface area contributed by atoms with Crippen LogP contribution < -0.4 is 16.0 Å². The molecule has 1 amide bonds. The molecule has 0 saturated heterocycles. The van der Waals surface area contributed by atoms with Gasteiger partial charge in [0.15, 0.2) is 11.8 Å². The molecule has 0 aliphatic carbocycles. The van der Waals surface area contributed by atoms with Gasteiger partial charge < -0.3 is 25.2 Å². The van der Waals surface area contributed by atoms with Crippen molar-refractivity contribution in [3.63, 3.8) is 0 Å². The lowest BCUT2D eigenvalue weighted by molar-refractivity contribution is 0.0529. The highest BCUT2D eigenvalue weighted by atomic mass is 16.6. The summed E-state index contributed by atoms with van der Waals surface area (Å²) in [4.78, 5) is 20.0. The quantitative estimate of drug-likeness (QED) is 0.364. The zero-order valence-corrected chi connectivity index (χ0v) is 16.7. The van der Waals surface area contributed by atoms with Crippen molar-refractivity contribution in [2.75, 3.05) is 26.7 Å². The third-order valence-corrected chi connectivity index (χ3v) is 3.17. The second kappa shape index (κ2) is 10.6. The van der Waals surface area contributed by atoms with E-state index < -0.39 is 11.7 Å². The molecule has 0 unspecified atom stereocenters. The average Bonchev–Trinajstić information content (AvgIpc) is 3.01. The molecule has 0 spiro atoms. The van der Waals surface area contributed by atoms with E-state index in [-0.39, 0.29) is 5.92 Å². The van der Waals surface area contributed by atoms with Crippen molar-refractivity contribution in [1.82, 2.24) is 26.1 Å². The van der Waals surface area contributed by atoms with E-state index in [9.17, 15) is 4.79 Å². The van der Waals surface area contributed by atoms with Gasteiger partial charge in [-0.15, -0.1) is 0 Å². The maximum absolute atomic E-state index is 11.5. The predicted octanol–water partition coefficient (Wildman–Crippen LogP) is 1.82. The van der Waals surface area contributed by atoms with E-state index in [0.717, 1.165) is 18.8 Å². The number of carbonyl (C=O) groups excluding carboxylic acids is 1. The lowest BCUT2D eigenvalue weighted by Crippen LogP contribution is -2.42. The van der Waals surface area contributed by atoms with Gasteiger partial charge in [0, 0.05) is 39.0 Å². The van der Waals surface area contributed by atoms with Gasteiger partial charge in [0.05, 0.1) is 0 Å². The number of amides is 1. The topological polar surface area (TPSA) is 114 Å². The van der Waals surface area contributed by atoms with Gasteiger partial charge in [0.25, 0.3) is 0 Å². The Morgan fingerprint density at radius 1 is 1.19 bits per heavy atom. The number of guanidine groups is 1. The fourth-order valence-electron chi connectivity index (χ4n) is 1.93. The monoisotopic (exact) mass is 368 g/mol. The summed E-state index contributed by atoms with van der Waals surface area (Å²) >= 11 is 0. The first-order chi connectivity index (χ1) is 12.2. The lowest BCUT2D eigenvalue weighted by atomic mass is 10.2. The van der Waals surface area contributed by atoms with Gasteiger partial charge in [0.2, 0.25) is 5.89 Å². The van der Waals surface area contributed by atoms with Gasteiger partial charge in [-0.05, 0) is 27.2 Å². The maximum Gasteiger partial charge on any atom is 0.407 e. The molecule has 1 aromatic rings. The minimum absolute atomic E-state index is 0.267. The number of aryl methyl sites for hydroxylation is 1. The van der Waals surface area contributed by atoms with Crippen LogP contribution in [0.25, 0.3) is 0 Å². The molecule has 9 nitrogen and oxygen atoms in total. The smallest absolute Gasteiger partial charge is 0.407 e. The molecule has 1 aromatic heterocycles. The molecule has 1 rings (SSSR count). The minimum atomic E-state index is -0.497. The third kappa shape index (κ3) is 9.24. The molecule has 0 aromatic carbocycles. The number of carbonyl (C=O) groups is 1. The van der Waals surface area contributed by atoms with Crippen LogP contribution in [0.4, 0.5) is 4.79 Å². The zero-order chi connectivity index (χ0) is 19.6. The molecular formula is C17H32N6O3. The van der Waals surface area contributed by atoms with E-state index in [0.29, 0.717) is 31.4 Å². The second-order valence-corrected chi connectivity index (χ2v) is 7.16. The Kier molecular flexibility index (Phi) is 8.87. The molecule has 0 atom stereocenters. The van der Waals surface area contributed by atoms with E-state index >= 15 is 0 Å². The Morgan fingerprint density at radius 2 is 1.85 bits per heavy atom. The van der Waals surface area contributed by atoms with Gasteiger partial charge >= 0.3 is 6.09 Å². The van der Waals surface area contributed by atoms with Gasteiger partial charge in [0.1, 0.15) is 5.60 Å². The Bertz CT molecular complexity index is 577.